The maximum absolute atomic E-state index is 4.62. The lowest BCUT2D eigenvalue weighted by Crippen LogP contribution is -2.47. The van der Waals surface area contributed by atoms with E-state index in [4.69, 9.17) is 0 Å². The lowest BCUT2D eigenvalue weighted by atomic mass is 9.96. The summed E-state index contributed by atoms with van der Waals surface area (Å²) in [6, 6.07) is 0. The zero-order chi connectivity index (χ0) is 14.9. The van der Waals surface area contributed by atoms with Gasteiger partial charge in [-0.1, -0.05) is 12.8 Å². The van der Waals surface area contributed by atoms with Crippen molar-refractivity contribution < 1.29 is 0 Å². The Kier molecular flexibility index (Phi) is 3.71. The Balaban J connectivity index is 1.85. The Hall–Kier alpha value is -1.82. The fourth-order valence-corrected chi connectivity index (χ4v) is 3.23. The lowest BCUT2D eigenvalue weighted by molar-refractivity contribution is 0.172. The molecule has 0 aliphatic heterocycles. The number of imidazole rings is 1. The Morgan fingerprint density at radius 1 is 1.33 bits per heavy atom. The highest BCUT2D eigenvalue weighted by Gasteiger charge is 2.35. The van der Waals surface area contributed by atoms with Gasteiger partial charge in [0.1, 0.15) is 5.82 Å². The van der Waals surface area contributed by atoms with Crippen LogP contribution in [0, 0.1) is 0 Å². The molecule has 0 radical (unpaired) electrons. The first kappa shape index (κ1) is 14.1. The normalized spacial score (nSPS) is 17.5. The molecule has 1 aliphatic rings. The summed E-state index contributed by atoms with van der Waals surface area (Å²) in [5.41, 5.74) is 1.11. The van der Waals surface area contributed by atoms with Gasteiger partial charge in [-0.05, 0) is 26.9 Å². The van der Waals surface area contributed by atoms with Gasteiger partial charge in [-0.2, -0.15) is 0 Å². The summed E-state index contributed by atoms with van der Waals surface area (Å²) in [6.07, 6.45) is 10.8. The molecule has 0 bridgehead atoms. The number of fused-ring (bicyclic) bond motifs is 1. The van der Waals surface area contributed by atoms with Crippen molar-refractivity contribution in [2.75, 3.05) is 38.3 Å². The van der Waals surface area contributed by atoms with E-state index in [1.165, 1.54) is 25.7 Å². The van der Waals surface area contributed by atoms with Crippen molar-refractivity contribution in [2.24, 2.45) is 0 Å². The van der Waals surface area contributed by atoms with Crippen LogP contribution in [0.15, 0.2) is 18.6 Å². The van der Waals surface area contributed by atoms with Gasteiger partial charge in [0.15, 0.2) is 11.5 Å². The van der Waals surface area contributed by atoms with Crippen molar-refractivity contribution in [3.05, 3.63) is 18.6 Å². The van der Waals surface area contributed by atoms with Crippen molar-refractivity contribution in [3.8, 4) is 0 Å². The van der Waals surface area contributed by atoms with Crippen molar-refractivity contribution in [3.63, 3.8) is 0 Å². The van der Waals surface area contributed by atoms with Crippen molar-refractivity contribution in [1.29, 1.82) is 0 Å². The number of likely N-dealkylation sites (N-methyl/N-ethyl adjacent to an activating group) is 1. The predicted molar refractivity (Wildman–Crippen MR) is 85.9 cm³/mol. The van der Waals surface area contributed by atoms with Crippen LogP contribution in [0.2, 0.25) is 0 Å². The first-order valence-electron chi connectivity index (χ1n) is 7.57. The van der Waals surface area contributed by atoms with Crippen LogP contribution in [0.3, 0.4) is 0 Å². The predicted octanol–water partition coefficient (Wildman–Crippen LogP) is 2.06. The number of nitrogens with zero attached hydrogens (tertiary/aromatic N) is 4. The molecule has 0 atom stereocenters. The Morgan fingerprint density at radius 3 is 2.76 bits per heavy atom. The maximum Gasteiger partial charge on any atom is 0.180 e. The molecule has 0 unspecified atom stereocenters. The van der Waals surface area contributed by atoms with Gasteiger partial charge in [-0.15, -0.1) is 0 Å². The first-order valence-corrected chi connectivity index (χ1v) is 7.57. The molecule has 3 rings (SSSR count). The Morgan fingerprint density at radius 2 is 2.10 bits per heavy atom. The molecule has 0 saturated heterocycles. The minimum Gasteiger partial charge on any atom is -0.372 e. The van der Waals surface area contributed by atoms with Gasteiger partial charge < -0.3 is 19.9 Å². The number of rotatable bonds is 5. The van der Waals surface area contributed by atoms with E-state index >= 15 is 0 Å². The number of nitrogens with one attached hydrogen (secondary N) is 2. The Labute approximate surface area is 125 Å². The second-order valence-corrected chi connectivity index (χ2v) is 6.06. The summed E-state index contributed by atoms with van der Waals surface area (Å²) >= 11 is 0. The van der Waals surface area contributed by atoms with Crippen molar-refractivity contribution in [1.82, 2.24) is 19.3 Å². The fourth-order valence-electron chi connectivity index (χ4n) is 3.23. The van der Waals surface area contributed by atoms with E-state index in [1.807, 2.05) is 23.8 Å². The van der Waals surface area contributed by atoms with Crippen LogP contribution in [0.5, 0.6) is 0 Å². The minimum atomic E-state index is 0.237. The van der Waals surface area contributed by atoms with Crippen LogP contribution in [0.1, 0.15) is 25.7 Å². The molecule has 114 valence electrons. The molecule has 0 spiro atoms. The molecular weight excluding hydrogens is 264 g/mol. The topological polar surface area (TPSA) is 57.5 Å². The van der Waals surface area contributed by atoms with E-state index < -0.39 is 0 Å². The molecular formula is C15H24N6. The number of hydrogen-bond donors (Lipinski definition) is 2. The van der Waals surface area contributed by atoms with Crippen LogP contribution in [-0.2, 0) is 0 Å². The van der Waals surface area contributed by atoms with Gasteiger partial charge in [0.25, 0.3) is 0 Å². The fraction of sp³-hybridized carbons (Fsp3) is 0.600. The molecule has 2 aromatic rings. The van der Waals surface area contributed by atoms with Crippen LogP contribution < -0.4 is 10.6 Å². The molecule has 2 aromatic heterocycles. The molecule has 2 heterocycles. The molecule has 0 amide bonds. The quantitative estimate of drug-likeness (QED) is 0.882. The van der Waals surface area contributed by atoms with E-state index in [9.17, 15) is 0 Å². The smallest absolute Gasteiger partial charge is 0.180 e. The number of hydrogen-bond acceptors (Lipinski definition) is 5. The van der Waals surface area contributed by atoms with Gasteiger partial charge in [0.05, 0.1) is 6.20 Å². The molecule has 0 aromatic carbocycles. The molecule has 1 saturated carbocycles. The Bertz CT molecular complexity index is 612. The zero-order valence-electron chi connectivity index (χ0n) is 13.1. The van der Waals surface area contributed by atoms with Gasteiger partial charge in [-0.25, -0.2) is 9.97 Å². The molecule has 6 heteroatoms. The average Bonchev–Trinajstić information content (AvgIpc) is 3.14. The molecule has 1 fully saturated rings. The summed E-state index contributed by atoms with van der Waals surface area (Å²) in [6.45, 7) is 0.905. The van der Waals surface area contributed by atoms with E-state index in [-0.39, 0.29) is 5.54 Å². The molecule has 6 nitrogen and oxygen atoms in total. The number of aromatic nitrogens is 3. The molecule has 2 N–H and O–H groups in total. The third-order valence-corrected chi connectivity index (χ3v) is 4.70. The van der Waals surface area contributed by atoms with Gasteiger partial charge in [0.2, 0.25) is 0 Å². The monoisotopic (exact) mass is 288 g/mol. The summed E-state index contributed by atoms with van der Waals surface area (Å²) in [5, 5.41) is 6.64. The SMILES string of the molecule is CNc1cn2ccnc2c(NCC2(N(C)C)CCCC2)n1. The van der Waals surface area contributed by atoms with E-state index in [2.05, 4.69) is 39.6 Å². The highest BCUT2D eigenvalue weighted by molar-refractivity contribution is 5.65. The second-order valence-electron chi connectivity index (χ2n) is 6.06. The lowest BCUT2D eigenvalue weighted by Gasteiger charge is -2.36. The first-order chi connectivity index (χ1) is 10.1. The van der Waals surface area contributed by atoms with Crippen LogP contribution >= 0.6 is 0 Å². The van der Waals surface area contributed by atoms with E-state index in [1.54, 1.807) is 6.20 Å². The average molecular weight is 288 g/mol. The van der Waals surface area contributed by atoms with Gasteiger partial charge >= 0.3 is 0 Å². The summed E-state index contributed by atoms with van der Waals surface area (Å²) < 4.78 is 2.00. The highest BCUT2D eigenvalue weighted by atomic mass is 15.2. The summed E-state index contributed by atoms with van der Waals surface area (Å²) in [5.74, 6) is 1.69. The van der Waals surface area contributed by atoms with Crippen LogP contribution in [0.25, 0.3) is 5.65 Å². The standard InChI is InChI=1S/C15H24N6/c1-16-12-10-21-9-8-17-14(21)13(19-12)18-11-15(20(2)3)6-4-5-7-15/h8-10,16H,4-7,11H2,1-3H3,(H,18,19). The zero-order valence-corrected chi connectivity index (χ0v) is 13.1. The van der Waals surface area contributed by atoms with E-state index in [0.29, 0.717) is 0 Å². The van der Waals surface area contributed by atoms with Gasteiger partial charge in [0, 0.05) is 31.5 Å². The van der Waals surface area contributed by atoms with Gasteiger partial charge in [-0.3, -0.25) is 0 Å². The van der Waals surface area contributed by atoms with Crippen LogP contribution in [0.4, 0.5) is 11.6 Å². The molecule has 21 heavy (non-hydrogen) atoms. The summed E-state index contributed by atoms with van der Waals surface area (Å²) in [7, 11) is 6.23. The van der Waals surface area contributed by atoms with Crippen molar-refractivity contribution in [2.45, 2.75) is 31.2 Å². The third-order valence-electron chi connectivity index (χ3n) is 4.70. The van der Waals surface area contributed by atoms with Crippen molar-refractivity contribution >= 4 is 17.3 Å². The summed E-state index contributed by atoms with van der Waals surface area (Å²) in [4.78, 5) is 11.4. The largest absolute Gasteiger partial charge is 0.372 e. The van der Waals surface area contributed by atoms with E-state index in [0.717, 1.165) is 23.8 Å². The maximum atomic E-state index is 4.62. The van der Waals surface area contributed by atoms with Crippen LogP contribution in [-0.4, -0.2) is 52.5 Å². The third kappa shape index (κ3) is 2.55. The number of anilines is 2. The second kappa shape index (κ2) is 5.52. The molecule has 1 aliphatic carbocycles. The minimum absolute atomic E-state index is 0.237. The highest BCUT2D eigenvalue weighted by Crippen LogP contribution is 2.34.